The van der Waals surface area contributed by atoms with Gasteiger partial charge in [0, 0.05) is 35.9 Å². The van der Waals surface area contributed by atoms with E-state index in [-0.39, 0.29) is 5.91 Å². The van der Waals surface area contributed by atoms with Gasteiger partial charge in [-0.25, -0.2) is 0 Å². The van der Waals surface area contributed by atoms with E-state index in [9.17, 15) is 4.79 Å². The third-order valence-electron chi connectivity index (χ3n) is 3.59. The number of thioether (sulfide) groups is 1. The molecule has 0 fully saturated rings. The molecule has 0 unspecified atom stereocenters. The summed E-state index contributed by atoms with van der Waals surface area (Å²) < 4.78 is 1.89. The van der Waals surface area contributed by atoms with Crippen molar-refractivity contribution in [2.75, 3.05) is 24.7 Å². The van der Waals surface area contributed by atoms with Crippen molar-refractivity contribution in [2.24, 2.45) is 0 Å². The molecule has 25 heavy (non-hydrogen) atoms. The minimum Gasteiger partial charge on any atom is -0.367 e. The Hall–Kier alpha value is -2.80. The normalized spacial score (nSPS) is 10.4. The Kier molecular flexibility index (Phi) is 5.69. The van der Waals surface area contributed by atoms with Gasteiger partial charge in [0.25, 0.3) is 5.91 Å². The zero-order valence-electron chi connectivity index (χ0n) is 13.8. The van der Waals surface area contributed by atoms with Crippen LogP contribution in [-0.2, 0) is 0 Å². The Morgan fingerprint density at radius 3 is 2.44 bits per heavy atom. The molecule has 3 aromatic rings. The van der Waals surface area contributed by atoms with E-state index in [1.807, 2.05) is 71.7 Å². The quantitative estimate of drug-likeness (QED) is 0.505. The van der Waals surface area contributed by atoms with Crippen LogP contribution in [0.1, 0.15) is 10.4 Å². The predicted octanol–water partition coefficient (Wildman–Crippen LogP) is 2.83. The van der Waals surface area contributed by atoms with Crippen molar-refractivity contribution < 1.29 is 4.79 Å². The lowest BCUT2D eigenvalue weighted by Gasteiger charge is -2.08. The third kappa shape index (κ3) is 4.60. The minimum atomic E-state index is -0.0801. The molecule has 3 rings (SSSR count). The van der Waals surface area contributed by atoms with E-state index in [0.717, 1.165) is 10.7 Å². The maximum atomic E-state index is 12.1. The van der Waals surface area contributed by atoms with Gasteiger partial charge < -0.3 is 15.2 Å². The number of carbonyl (C=O) groups excluding carboxylic acids is 1. The number of hydrogen-bond acceptors (Lipinski definition) is 5. The maximum absolute atomic E-state index is 12.1. The number of hydrogen-bond donors (Lipinski definition) is 2. The predicted molar refractivity (Wildman–Crippen MR) is 100 cm³/mol. The molecule has 0 saturated carbocycles. The molecule has 2 N–H and O–H groups in total. The summed E-state index contributed by atoms with van der Waals surface area (Å²) >= 11 is 1.65. The van der Waals surface area contributed by atoms with Gasteiger partial charge in [0.05, 0.1) is 0 Å². The van der Waals surface area contributed by atoms with Crippen LogP contribution in [0.5, 0.6) is 0 Å². The monoisotopic (exact) mass is 353 g/mol. The molecule has 1 aromatic carbocycles. The van der Waals surface area contributed by atoms with Crippen molar-refractivity contribution in [1.82, 2.24) is 20.1 Å². The average molecular weight is 353 g/mol. The Bertz CT molecular complexity index is 800. The van der Waals surface area contributed by atoms with Gasteiger partial charge >= 0.3 is 0 Å². The molecule has 6 nitrogen and oxygen atoms in total. The van der Waals surface area contributed by atoms with Gasteiger partial charge in [0.15, 0.2) is 5.82 Å². The second kappa shape index (κ2) is 8.34. The smallest absolute Gasteiger partial charge is 0.251 e. The van der Waals surface area contributed by atoms with Crippen molar-refractivity contribution in [3.8, 4) is 5.82 Å². The van der Waals surface area contributed by atoms with Crippen LogP contribution in [0.3, 0.4) is 0 Å². The molecule has 7 heteroatoms. The van der Waals surface area contributed by atoms with Crippen LogP contribution in [0, 0.1) is 0 Å². The fraction of sp³-hybridized carbons (Fsp3) is 0.167. The van der Waals surface area contributed by atoms with Crippen LogP contribution in [0.15, 0.2) is 65.8 Å². The molecule has 2 aromatic heterocycles. The van der Waals surface area contributed by atoms with Crippen molar-refractivity contribution in [3.63, 3.8) is 0 Å². The molecule has 0 aliphatic carbocycles. The van der Waals surface area contributed by atoms with Gasteiger partial charge in [0.2, 0.25) is 0 Å². The first-order valence-corrected chi connectivity index (χ1v) is 9.12. The highest BCUT2D eigenvalue weighted by molar-refractivity contribution is 7.98. The summed E-state index contributed by atoms with van der Waals surface area (Å²) in [5, 5.41) is 14.3. The van der Waals surface area contributed by atoms with E-state index in [1.54, 1.807) is 11.8 Å². The minimum absolute atomic E-state index is 0.0801. The van der Waals surface area contributed by atoms with Gasteiger partial charge in [-0.1, -0.05) is 0 Å². The Labute approximate surface area is 150 Å². The van der Waals surface area contributed by atoms with Crippen LogP contribution < -0.4 is 10.6 Å². The van der Waals surface area contributed by atoms with Crippen LogP contribution in [0.4, 0.5) is 5.82 Å². The van der Waals surface area contributed by atoms with Gasteiger partial charge in [-0.15, -0.1) is 22.0 Å². The zero-order valence-corrected chi connectivity index (χ0v) is 14.7. The molecular weight excluding hydrogens is 334 g/mol. The molecular formula is C18H19N5OS. The summed E-state index contributed by atoms with van der Waals surface area (Å²) in [6.07, 6.45) is 5.84. The highest BCUT2D eigenvalue weighted by Gasteiger charge is 2.04. The summed E-state index contributed by atoms with van der Waals surface area (Å²) in [5.41, 5.74) is 0.661. The SMILES string of the molecule is CSc1ccc(C(=O)NCCNc2ccc(-n3cccc3)nn2)cc1. The maximum Gasteiger partial charge on any atom is 0.251 e. The highest BCUT2D eigenvalue weighted by Crippen LogP contribution is 2.14. The second-order valence-corrected chi connectivity index (χ2v) is 6.16. The summed E-state index contributed by atoms with van der Waals surface area (Å²) in [6, 6.07) is 15.2. The second-order valence-electron chi connectivity index (χ2n) is 5.28. The molecule has 0 aliphatic rings. The van der Waals surface area contributed by atoms with E-state index < -0.39 is 0 Å². The summed E-state index contributed by atoms with van der Waals surface area (Å²) in [5.74, 6) is 1.36. The third-order valence-corrected chi connectivity index (χ3v) is 4.33. The summed E-state index contributed by atoms with van der Waals surface area (Å²) in [6.45, 7) is 1.08. The first-order valence-electron chi connectivity index (χ1n) is 7.89. The van der Waals surface area contributed by atoms with Crippen LogP contribution in [0.25, 0.3) is 5.82 Å². The van der Waals surface area contributed by atoms with Crippen LogP contribution >= 0.6 is 11.8 Å². The van der Waals surface area contributed by atoms with Crippen molar-refractivity contribution in [1.29, 1.82) is 0 Å². The highest BCUT2D eigenvalue weighted by atomic mass is 32.2. The Morgan fingerprint density at radius 2 is 1.80 bits per heavy atom. The molecule has 0 saturated heterocycles. The topological polar surface area (TPSA) is 71.8 Å². The molecule has 0 spiro atoms. The van der Waals surface area contributed by atoms with Crippen molar-refractivity contribution in [3.05, 3.63) is 66.5 Å². The largest absolute Gasteiger partial charge is 0.367 e. The van der Waals surface area contributed by atoms with E-state index in [0.29, 0.717) is 24.5 Å². The number of nitrogens with one attached hydrogen (secondary N) is 2. The number of amides is 1. The number of benzene rings is 1. The van der Waals surface area contributed by atoms with Gasteiger partial charge in [-0.05, 0) is 54.8 Å². The van der Waals surface area contributed by atoms with Crippen molar-refractivity contribution in [2.45, 2.75) is 4.90 Å². The standard InChI is InChI=1S/C18H19N5OS/c1-25-15-6-4-14(5-7-15)18(24)20-11-10-19-16-8-9-17(22-21-16)23-12-2-3-13-23/h2-9,12-13H,10-11H2,1H3,(H,19,21)(H,20,24). The zero-order chi connectivity index (χ0) is 17.5. The first-order chi connectivity index (χ1) is 12.3. The Balaban J connectivity index is 1.44. The number of anilines is 1. The average Bonchev–Trinajstić information content (AvgIpc) is 3.20. The number of carbonyl (C=O) groups is 1. The molecule has 128 valence electrons. The van der Waals surface area contributed by atoms with Crippen LogP contribution in [-0.4, -0.2) is 40.0 Å². The fourth-order valence-electron chi connectivity index (χ4n) is 2.26. The number of rotatable bonds is 7. The lowest BCUT2D eigenvalue weighted by atomic mass is 10.2. The molecule has 0 aliphatic heterocycles. The van der Waals surface area contributed by atoms with Crippen LogP contribution in [0.2, 0.25) is 0 Å². The van der Waals surface area contributed by atoms with E-state index in [1.165, 1.54) is 0 Å². The van der Waals surface area contributed by atoms with E-state index in [2.05, 4.69) is 20.8 Å². The fourth-order valence-corrected chi connectivity index (χ4v) is 2.66. The molecule has 0 bridgehead atoms. The van der Waals surface area contributed by atoms with Gasteiger partial charge in [-0.3, -0.25) is 4.79 Å². The summed E-state index contributed by atoms with van der Waals surface area (Å²) in [7, 11) is 0. The lowest BCUT2D eigenvalue weighted by Crippen LogP contribution is -2.28. The van der Waals surface area contributed by atoms with E-state index in [4.69, 9.17) is 0 Å². The van der Waals surface area contributed by atoms with Crippen molar-refractivity contribution >= 4 is 23.5 Å². The molecule has 1 amide bonds. The first kappa shape index (κ1) is 17.0. The molecule has 0 radical (unpaired) electrons. The lowest BCUT2D eigenvalue weighted by molar-refractivity contribution is 0.0955. The molecule has 2 heterocycles. The summed E-state index contributed by atoms with van der Waals surface area (Å²) in [4.78, 5) is 13.2. The molecule has 0 atom stereocenters. The Morgan fingerprint density at radius 1 is 1.04 bits per heavy atom. The van der Waals surface area contributed by atoms with Gasteiger partial charge in [-0.2, -0.15) is 0 Å². The number of nitrogens with zero attached hydrogens (tertiary/aromatic N) is 3. The van der Waals surface area contributed by atoms with E-state index >= 15 is 0 Å². The van der Waals surface area contributed by atoms with Gasteiger partial charge in [0.1, 0.15) is 5.82 Å². The number of aromatic nitrogens is 3.